The van der Waals surface area contributed by atoms with E-state index in [0.717, 1.165) is 12.1 Å². The number of urea groups is 1. The van der Waals surface area contributed by atoms with E-state index < -0.39 is 0 Å². The Morgan fingerprint density at radius 3 is 2.83 bits per heavy atom. The Morgan fingerprint density at radius 1 is 1.39 bits per heavy atom. The first-order valence-electron chi connectivity index (χ1n) is 6.56. The van der Waals surface area contributed by atoms with Gasteiger partial charge >= 0.3 is 6.03 Å². The van der Waals surface area contributed by atoms with Crippen LogP contribution >= 0.6 is 0 Å². The molecule has 0 radical (unpaired) electrons. The largest absolute Gasteiger partial charge is 0.397 e. The fraction of sp³-hybridized carbons (Fsp3) is 0.500. The van der Waals surface area contributed by atoms with E-state index in [1.807, 2.05) is 25.1 Å². The number of amides is 2. The number of carbonyl (C=O) groups is 1. The van der Waals surface area contributed by atoms with Crippen LogP contribution in [0.2, 0.25) is 0 Å². The highest BCUT2D eigenvalue weighted by molar-refractivity contribution is 5.92. The highest BCUT2D eigenvalue weighted by Gasteiger charge is 2.15. The molecule has 0 saturated heterocycles. The Kier molecular flexibility index (Phi) is 4.07. The lowest BCUT2D eigenvalue weighted by Crippen LogP contribution is -2.32. The van der Waals surface area contributed by atoms with Crippen molar-refractivity contribution in [3.8, 4) is 0 Å². The van der Waals surface area contributed by atoms with E-state index in [9.17, 15) is 4.79 Å². The van der Waals surface area contributed by atoms with Crippen LogP contribution in [0.1, 0.15) is 31.2 Å². The Bertz CT molecular complexity index is 425. The third-order valence-electron chi connectivity index (χ3n) is 3.48. The SMILES string of the molecule is Cc1ccc(N)c(NC(=O)NCC2CCCC2)c1. The van der Waals surface area contributed by atoms with Crippen LogP contribution < -0.4 is 16.4 Å². The number of carbonyl (C=O) groups excluding carboxylic acids is 1. The molecule has 2 amide bonds. The highest BCUT2D eigenvalue weighted by atomic mass is 16.2. The zero-order chi connectivity index (χ0) is 13.0. The topological polar surface area (TPSA) is 67.1 Å². The average Bonchev–Trinajstić information content (AvgIpc) is 2.84. The van der Waals surface area contributed by atoms with Crippen LogP contribution in [-0.4, -0.2) is 12.6 Å². The van der Waals surface area contributed by atoms with E-state index in [0.29, 0.717) is 17.3 Å². The van der Waals surface area contributed by atoms with Gasteiger partial charge in [-0.25, -0.2) is 4.79 Å². The summed E-state index contributed by atoms with van der Waals surface area (Å²) < 4.78 is 0. The summed E-state index contributed by atoms with van der Waals surface area (Å²) in [7, 11) is 0. The van der Waals surface area contributed by atoms with Gasteiger partial charge in [-0.1, -0.05) is 18.9 Å². The van der Waals surface area contributed by atoms with E-state index in [2.05, 4.69) is 10.6 Å². The van der Waals surface area contributed by atoms with Gasteiger partial charge in [0.15, 0.2) is 0 Å². The Morgan fingerprint density at radius 2 is 2.11 bits per heavy atom. The molecule has 4 nitrogen and oxygen atoms in total. The second-order valence-electron chi connectivity index (χ2n) is 5.08. The summed E-state index contributed by atoms with van der Waals surface area (Å²) >= 11 is 0. The van der Waals surface area contributed by atoms with Crippen molar-refractivity contribution < 1.29 is 4.79 Å². The molecule has 1 aromatic carbocycles. The molecule has 1 saturated carbocycles. The van der Waals surface area contributed by atoms with Gasteiger partial charge in [-0.15, -0.1) is 0 Å². The van der Waals surface area contributed by atoms with Crippen molar-refractivity contribution in [1.82, 2.24) is 5.32 Å². The third kappa shape index (κ3) is 3.39. The van der Waals surface area contributed by atoms with Gasteiger partial charge in [0, 0.05) is 6.54 Å². The molecule has 98 valence electrons. The lowest BCUT2D eigenvalue weighted by Gasteiger charge is -2.13. The van der Waals surface area contributed by atoms with Gasteiger partial charge in [-0.3, -0.25) is 0 Å². The fourth-order valence-electron chi connectivity index (χ4n) is 2.40. The van der Waals surface area contributed by atoms with E-state index in [1.54, 1.807) is 0 Å². The predicted molar refractivity (Wildman–Crippen MR) is 74.6 cm³/mol. The van der Waals surface area contributed by atoms with E-state index >= 15 is 0 Å². The minimum Gasteiger partial charge on any atom is -0.397 e. The number of hydrogen-bond acceptors (Lipinski definition) is 2. The maximum Gasteiger partial charge on any atom is 0.319 e. The lowest BCUT2D eigenvalue weighted by molar-refractivity contribution is 0.250. The van der Waals surface area contributed by atoms with Crippen LogP contribution in [0.25, 0.3) is 0 Å². The van der Waals surface area contributed by atoms with Crippen molar-refractivity contribution >= 4 is 17.4 Å². The molecule has 0 heterocycles. The number of anilines is 2. The number of nitrogens with one attached hydrogen (secondary N) is 2. The Balaban J connectivity index is 1.84. The van der Waals surface area contributed by atoms with Crippen molar-refractivity contribution in [2.75, 3.05) is 17.6 Å². The number of benzene rings is 1. The van der Waals surface area contributed by atoms with Gasteiger partial charge in [-0.05, 0) is 43.4 Å². The summed E-state index contributed by atoms with van der Waals surface area (Å²) in [6.07, 6.45) is 5.04. The second-order valence-corrected chi connectivity index (χ2v) is 5.08. The van der Waals surface area contributed by atoms with Gasteiger partial charge in [0.2, 0.25) is 0 Å². The second kappa shape index (κ2) is 5.76. The van der Waals surface area contributed by atoms with Crippen LogP contribution in [0, 0.1) is 12.8 Å². The Labute approximate surface area is 108 Å². The Hall–Kier alpha value is -1.71. The normalized spacial score (nSPS) is 15.6. The average molecular weight is 247 g/mol. The van der Waals surface area contributed by atoms with Crippen molar-refractivity contribution in [3.05, 3.63) is 23.8 Å². The van der Waals surface area contributed by atoms with E-state index in [1.165, 1.54) is 25.7 Å². The number of hydrogen-bond donors (Lipinski definition) is 3. The number of nitrogen functional groups attached to an aromatic ring is 1. The van der Waals surface area contributed by atoms with Gasteiger partial charge in [0.1, 0.15) is 0 Å². The molecule has 0 spiro atoms. The number of nitrogens with two attached hydrogens (primary N) is 1. The molecule has 4 N–H and O–H groups in total. The summed E-state index contributed by atoms with van der Waals surface area (Å²) in [6, 6.07) is 5.45. The smallest absolute Gasteiger partial charge is 0.319 e. The zero-order valence-corrected chi connectivity index (χ0v) is 10.8. The van der Waals surface area contributed by atoms with E-state index in [-0.39, 0.29) is 6.03 Å². The molecule has 1 aromatic rings. The molecule has 1 aliphatic rings. The summed E-state index contributed by atoms with van der Waals surface area (Å²) in [6.45, 7) is 2.73. The maximum atomic E-state index is 11.8. The molecular formula is C14H21N3O. The first kappa shape index (κ1) is 12.7. The van der Waals surface area contributed by atoms with Gasteiger partial charge in [0.05, 0.1) is 11.4 Å². The van der Waals surface area contributed by atoms with Gasteiger partial charge < -0.3 is 16.4 Å². The van der Waals surface area contributed by atoms with Gasteiger partial charge in [0.25, 0.3) is 0 Å². The van der Waals surface area contributed by atoms with Crippen LogP contribution in [0.3, 0.4) is 0 Å². The maximum absolute atomic E-state index is 11.8. The summed E-state index contributed by atoms with van der Waals surface area (Å²) in [5.74, 6) is 0.644. The summed E-state index contributed by atoms with van der Waals surface area (Å²) in [5.41, 5.74) is 8.17. The third-order valence-corrected chi connectivity index (χ3v) is 3.48. The van der Waals surface area contributed by atoms with E-state index in [4.69, 9.17) is 5.73 Å². The number of aryl methyl sites for hydroxylation is 1. The molecule has 2 rings (SSSR count). The standard InChI is InChI=1S/C14H21N3O/c1-10-6-7-12(15)13(8-10)17-14(18)16-9-11-4-2-3-5-11/h6-8,11H,2-5,9,15H2,1H3,(H2,16,17,18). The molecule has 1 fully saturated rings. The molecule has 0 aliphatic heterocycles. The predicted octanol–water partition coefficient (Wildman–Crippen LogP) is 2.89. The first-order valence-corrected chi connectivity index (χ1v) is 6.56. The molecular weight excluding hydrogens is 226 g/mol. The lowest BCUT2D eigenvalue weighted by atomic mass is 10.1. The zero-order valence-electron chi connectivity index (χ0n) is 10.8. The minimum atomic E-state index is -0.167. The molecule has 0 unspecified atom stereocenters. The van der Waals surface area contributed by atoms with Crippen LogP contribution in [-0.2, 0) is 0 Å². The summed E-state index contributed by atoms with van der Waals surface area (Å²) in [5, 5.41) is 5.71. The molecule has 18 heavy (non-hydrogen) atoms. The van der Waals surface area contributed by atoms with Crippen molar-refractivity contribution in [2.45, 2.75) is 32.6 Å². The summed E-state index contributed by atoms with van der Waals surface area (Å²) in [4.78, 5) is 11.8. The molecule has 0 atom stereocenters. The number of rotatable bonds is 3. The quantitative estimate of drug-likeness (QED) is 0.719. The fourth-order valence-corrected chi connectivity index (χ4v) is 2.40. The van der Waals surface area contributed by atoms with Gasteiger partial charge in [-0.2, -0.15) is 0 Å². The van der Waals surface area contributed by atoms with Crippen molar-refractivity contribution in [1.29, 1.82) is 0 Å². The van der Waals surface area contributed by atoms with Crippen LogP contribution in [0.15, 0.2) is 18.2 Å². The molecule has 0 aromatic heterocycles. The molecule has 1 aliphatic carbocycles. The van der Waals surface area contributed by atoms with Crippen LogP contribution in [0.4, 0.5) is 16.2 Å². The molecule has 4 heteroatoms. The minimum absolute atomic E-state index is 0.167. The van der Waals surface area contributed by atoms with Crippen molar-refractivity contribution in [2.24, 2.45) is 5.92 Å². The highest BCUT2D eigenvalue weighted by Crippen LogP contribution is 2.24. The van der Waals surface area contributed by atoms with Crippen LogP contribution in [0.5, 0.6) is 0 Å². The molecule has 0 bridgehead atoms. The first-order chi connectivity index (χ1) is 8.65. The van der Waals surface area contributed by atoms with Crippen molar-refractivity contribution in [3.63, 3.8) is 0 Å². The monoisotopic (exact) mass is 247 g/mol.